The predicted molar refractivity (Wildman–Crippen MR) is 65.2 cm³/mol. The maximum Gasteiger partial charge on any atom is 0.228 e. The second-order valence-corrected chi connectivity index (χ2v) is 5.34. The van der Waals surface area contributed by atoms with Crippen molar-refractivity contribution >= 4 is 17.4 Å². The Bertz CT molecular complexity index is 434. The van der Waals surface area contributed by atoms with Crippen LogP contribution in [0.25, 0.3) is 0 Å². The summed E-state index contributed by atoms with van der Waals surface area (Å²) in [5.74, 6) is 2.29. The third-order valence-electron chi connectivity index (χ3n) is 4.28. The fourth-order valence-electron chi connectivity index (χ4n) is 3.38. The van der Waals surface area contributed by atoms with E-state index in [1.807, 2.05) is 0 Å². The number of fused-ring (bicyclic) bond motifs is 2. The standard InChI is InChI=1S/C12H18N4O/c1-16-11(10(13)6-14-16)15-12(17)9-5-7-2-3-8(9)4-7/h6-9H,2-5,13H2,1H3,(H,15,17). The van der Waals surface area contributed by atoms with Crippen molar-refractivity contribution in [1.82, 2.24) is 9.78 Å². The number of carbonyl (C=O) groups excluding carboxylic acids is 1. The lowest BCUT2D eigenvalue weighted by atomic mass is 9.88. The summed E-state index contributed by atoms with van der Waals surface area (Å²) in [5, 5.41) is 6.94. The lowest BCUT2D eigenvalue weighted by Gasteiger charge is -2.20. The number of nitrogens with one attached hydrogen (secondary N) is 1. The maximum atomic E-state index is 12.2. The van der Waals surface area contributed by atoms with Crippen LogP contribution in [0.2, 0.25) is 0 Å². The van der Waals surface area contributed by atoms with Crippen LogP contribution in [-0.2, 0) is 11.8 Å². The Hall–Kier alpha value is -1.52. The predicted octanol–water partition coefficient (Wildman–Crippen LogP) is 1.38. The SMILES string of the molecule is Cn1ncc(N)c1NC(=O)C1CC2CCC1C2. The van der Waals surface area contributed by atoms with Gasteiger partial charge in [-0.1, -0.05) is 6.42 Å². The van der Waals surface area contributed by atoms with Gasteiger partial charge in [0.1, 0.15) is 0 Å². The third kappa shape index (κ3) is 1.69. The zero-order chi connectivity index (χ0) is 12.0. The van der Waals surface area contributed by atoms with Crippen molar-refractivity contribution in [3.05, 3.63) is 6.20 Å². The second kappa shape index (κ2) is 3.75. The first-order chi connectivity index (χ1) is 8.15. The number of amides is 1. The number of rotatable bonds is 2. The first-order valence-electron chi connectivity index (χ1n) is 6.23. The fourth-order valence-corrected chi connectivity index (χ4v) is 3.38. The molecular weight excluding hydrogens is 216 g/mol. The monoisotopic (exact) mass is 234 g/mol. The minimum atomic E-state index is 0.118. The van der Waals surface area contributed by atoms with Gasteiger partial charge in [0, 0.05) is 13.0 Å². The Balaban J connectivity index is 1.72. The van der Waals surface area contributed by atoms with Gasteiger partial charge >= 0.3 is 0 Å². The van der Waals surface area contributed by atoms with Gasteiger partial charge in [0.05, 0.1) is 11.9 Å². The number of aryl methyl sites for hydroxylation is 1. The lowest BCUT2D eigenvalue weighted by Crippen LogP contribution is -2.28. The Kier molecular flexibility index (Phi) is 2.34. The molecule has 1 aromatic heterocycles. The molecule has 17 heavy (non-hydrogen) atoms. The number of hydrogen-bond donors (Lipinski definition) is 2. The van der Waals surface area contributed by atoms with Gasteiger partial charge in [-0.15, -0.1) is 0 Å². The molecule has 2 fully saturated rings. The maximum absolute atomic E-state index is 12.2. The van der Waals surface area contributed by atoms with Crippen LogP contribution < -0.4 is 11.1 Å². The number of nitrogens with zero attached hydrogens (tertiary/aromatic N) is 2. The summed E-state index contributed by atoms with van der Waals surface area (Å²) in [6.07, 6.45) is 6.37. The lowest BCUT2D eigenvalue weighted by molar-refractivity contribution is -0.121. The summed E-state index contributed by atoms with van der Waals surface area (Å²) in [7, 11) is 1.78. The third-order valence-corrected chi connectivity index (χ3v) is 4.28. The topological polar surface area (TPSA) is 72.9 Å². The first kappa shape index (κ1) is 10.6. The molecule has 2 saturated carbocycles. The highest BCUT2D eigenvalue weighted by Crippen LogP contribution is 2.48. The fraction of sp³-hybridized carbons (Fsp3) is 0.667. The van der Waals surface area contributed by atoms with Crippen molar-refractivity contribution in [3.8, 4) is 0 Å². The van der Waals surface area contributed by atoms with Gasteiger partial charge in [-0.05, 0) is 31.1 Å². The zero-order valence-electron chi connectivity index (χ0n) is 10.0. The molecule has 5 nitrogen and oxygen atoms in total. The largest absolute Gasteiger partial charge is 0.394 e. The smallest absolute Gasteiger partial charge is 0.228 e. The molecule has 2 aliphatic rings. The number of carbonyl (C=O) groups is 1. The van der Waals surface area contributed by atoms with E-state index >= 15 is 0 Å². The molecule has 3 unspecified atom stereocenters. The van der Waals surface area contributed by atoms with Crippen LogP contribution in [0.5, 0.6) is 0 Å². The molecule has 1 heterocycles. The highest BCUT2D eigenvalue weighted by Gasteiger charge is 2.43. The number of hydrogen-bond acceptors (Lipinski definition) is 3. The van der Waals surface area contributed by atoms with Crippen molar-refractivity contribution < 1.29 is 4.79 Å². The normalized spacial score (nSPS) is 30.8. The van der Waals surface area contributed by atoms with Crippen LogP contribution in [-0.4, -0.2) is 15.7 Å². The summed E-state index contributed by atoms with van der Waals surface area (Å²) in [6, 6.07) is 0. The molecule has 0 radical (unpaired) electrons. The minimum Gasteiger partial charge on any atom is -0.394 e. The highest BCUT2D eigenvalue weighted by molar-refractivity contribution is 5.94. The molecule has 0 spiro atoms. The Morgan fingerprint density at radius 3 is 2.88 bits per heavy atom. The Morgan fingerprint density at radius 1 is 1.53 bits per heavy atom. The summed E-state index contributed by atoms with van der Waals surface area (Å²) in [6.45, 7) is 0. The van der Waals surface area contributed by atoms with Crippen LogP contribution in [0, 0.1) is 17.8 Å². The molecule has 1 aromatic rings. The number of nitrogens with two attached hydrogens (primary N) is 1. The van der Waals surface area contributed by atoms with E-state index < -0.39 is 0 Å². The molecule has 3 rings (SSSR count). The first-order valence-corrected chi connectivity index (χ1v) is 6.23. The van der Waals surface area contributed by atoms with Gasteiger partial charge in [0.2, 0.25) is 5.91 Å². The van der Waals surface area contributed by atoms with E-state index in [2.05, 4.69) is 10.4 Å². The molecule has 1 amide bonds. The molecule has 5 heteroatoms. The van der Waals surface area contributed by atoms with Crippen LogP contribution in [0.15, 0.2) is 6.20 Å². The molecule has 0 saturated heterocycles. The number of aromatic nitrogens is 2. The number of nitrogen functional groups attached to an aromatic ring is 1. The van der Waals surface area contributed by atoms with Crippen LogP contribution >= 0.6 is 0 Å². The van der Waals surface area contributed by atoms with Crippen LogP contribution in [0.1, 0.15) is 25.7 Å². The van der Waals surface area contributed by atoms with Gasteiger partial charge in [0.15, 0.2) is 5.82 Å². The van der Waals surface area contributed by atoms with Crippen LogP contribution in [0.4, 0.5) is 11.5 Å². The molecule has 3 N–H and O–H groups in total. The van der Waals surface area contributed by atoms with Crippen LogP contribution in [0.3, 0.4) is 0 Å². The minimum absolute atomic E-state index is 0.118. The van der Waals surface area contributed by atoms with Gasteiger partial charge in [-0.3, -0.25) is 9.48 Å². The summed E-state index contributed by atoms with van der Waals surface area (Å²) >= 11 is 0. The van der Waals surface area contributed by atoms with Crippen molar-refractivity contribution in [3.63, 3.8) is 0 Å². The highest BCUT2D eigenvalue weighted by atomic mass is 16.2. The van der Waals surface area contributed by atoms with E-state index in [1.165, 1.54) is 19.3 Å². The summed E-state index contributed by atoms with van der Waals surface area (Å²) in [4.78, 5) is 12.2. The van der Waals surface area contributed by atoms with Crippen molar-refractivity contribution in [1.29, 1.82) is 0 Å². The van der Waals surface area contributed by atoms with E-state index in [0.717, 1.165) is 12.3 Å². The molecule has 2 aliphatic carbocycles. The van der Waals surface area contributed by atoms with Gasteiger partial charge in [0.25, 0.3) is 0 Å². The van der Waals surface area contributed by atoms with Gasteiger partial charge < -0.3 is 11.1 Å². The van der Waals surface area contributed by atoms with E-state index in [-0.39, 0.29) is 11.8 Å². The number of anilines is 2. The van der Waals surface area contributed by atoms with E-state index in [9.17, 15) is 4.79 Å². The van der Waals surface area contributed by atoms with Gasteiger partial charge in [-0.2, -0.15) is 5.10 Å². The molecule has 0 aliphatic heterocycles. The average Bonchev–Trinajstić information content (AvgIpc) is 2.99. The summed E-state index contributed by atoms with van der Waals surface area (Å²) < 4.78 is 1.61. The quantitative estimate of drug-likeness (QED) is 0.811. The van der Waals surface area contributed by atoms with Gasteiger partial charge in [-0.25, -0.2) is 0 Å². The molecule has 2 bridgehead atoms. The molecular formula is C12H18N4O. The second-order valence-electron chi connectivity index (χ2n) is 5.34. The Labute approximate surface area is 100 Å². The van der Waals surface area contributed by atoms with Crippen molar-refractivity contribution in [2.24, 2.45) is 24.8 Å². The Morgan fingerprint density at radius 2 is 2.35 bits per heavy atom. The van der Waals surface area contributed by atoms with Crippen molar-refractivity contribution in [2.45, 2.75) is 25.7 Å². The summed E-state index contributed by atoms with van der Waals surface area (Å²) in [5.41, 5.74) is 6.30. The molecule has 0 aromatic carbocycles. The van der Waals surface area contributed by atoms with Crippen molar-refractivity contribution in [2.75, 3.05) is 11.1 Å². The average molecular weight is 234 g/mol. The van der Waals surface area contributed by atoms with E-state index in [0.29, 0.717) is 17.4 Å². The molecule has 92 valence electrons. The molecule has 3 atom stereocenters. The van der Waals surface area contributed by atoms with E-state index in [1.54, 1.807) is 17.9 Å². The zero-order valence-corrected chi connectivity index (χ0v) is 10.0. The van der Waals surface area contributed by atoms with E-state index in [4.69, 9.17) is 5.73 Å².